The van der Waals surface area contributed by atoms with E-state index in [1.165, 1.54) is 9.87 Å². The molecule has 0 aromatic heterocycles. The normalized spacial score (nSPS) is 12.3. The Morgan fingerprint density at radius 2 is 1.55 bits per heavy atom. The Hall–Kier alpha value is -0.910. The molecule has 1 aromatic rings. The zero-order valence-corrected chi connectivity index (χ0v) is 13.7. The Morgan fingerprint density at radius 1 is 1.05 bits per heavy atom. The number of nitrogens with zero attached hydrogens (tertiary/aromatic N) is 1. The molecule has 0 radical (unpaired) electrons. The van der Waals surface area contributed by atoms with Crippen molar-refractivity contribution in [2.24, 2.45) is 0 Å². The van der Waals surface area contributed by atoms with Crippen LogP contribution in [0.4, 0.5) is 0 Å². The molecule has 0 aliphatic carbocycles. The highest BCUT2D eigenvalue weighted by Gasteiger charge is 2.18. The van der Waals surface area contributed by atoms with Crippen molar-refractivity contribution in [2.75, 3.05) is 13.1 Å². The van der Waals surface area contributed by atoms with Crippen LogP contribution in [0.1, 0.15) is 38.8 Å². The van der Waals surface area contributed by atoms with Gasteiger partial charge in [0, 0.05) is 25.7 Å². The maximum absolute atomic E-state index is 12.2. The fourth-order valence-corrected chi connectivity index (χ4v) is 3.58. The minimum Gasteiger partial charge on any atom is -0.310 e. The molecule has 1 rings (SSSR count). The molecule has 4 nitrogen and oxygen atoms in total. The Labute approximate surface area is 123 Å². The van der Waals surface area contributed by atoms with Crippen LogP contribution < -0.4 is 5.32 Å². The van der Waals surface area contributed by atoms with Gasteiger partial charge in [-0.15, -0.1) is 0 Å². The van der Waals surface area contributed by atoms with Crippen LogP contribution in [0.25, 0.3) is 0 Å². The highest BCUT2D eigenvalue weighted by molar-refractivity contribution is 7.88. The molecule has 0 amide bonds. The second kappa shape index (κ2) is 7.76. The van der Waals surface area contributed by atoms with Gasteiger partial charge in [-0.1, -0.05) is 52.0 Å². The van der Waals surface area contributed by atoms with E-state index in [-0.39, 0.29) is 5.75 Å². The molecule has 1 aromatic carbocycles. The zero-order valence-electron chi connectivity index (χ0n) is 12.9. The summed E-state index contributed by atoms with van der Waals surface area (Å²) in [6.45, 7) is 9.78. The second-order valence-electron chi connectivity index (χ2n) is 5.19. The topological polar surface area (TPSA) is 49.4 Å². The SMILES string of the molecule is CCN(CC)S(=O)(=O)Cc1ccc(CNC(C)C)cc1. The lowest BCUT2D eigenvalue weighted by molar-refractivity contribution is 0.444. The fraction of sp³-hybridized carbons (Fsp3) is 0.600. The van der Waals surface area contributed by atoms with E-state index in [1.807, 2.05) is 38.1 Å². The van der Waals surface area contributed by atoms with Gasteiger partial charge in [-0.25, -0.2) is 12.7 Å². The summed E-state index contributed by atoms with van der Waals surface area (Å²) < 4.78 is 25.9. The predicted octanol–water partition coefficient (Wildman–Crippen LogP) is 2.36. The van der Waals surface area contributed by atoms with E-state index in [0.717, 1.165) is 12.1 Å². The summed E-state index contributed by atoms with van der Waals surface area (Å²) in [6.07, 6.45) is 0. The first-order valence-corrected chi connectivity index (χ1v) is 8.79. The van der Waals surface area contributed by atoms with E-state index < -0.39 is 10.0 Å². The lowest BCUT2D eigenvalue weighted by atomic mass is 10.1. The summed E-state index contributed by atoms with van der Waals surface area (Å²) in [5, 5.41) is 3.34. The van der Waals surface area contributed by atoms with Gasteiger partial charge >= 0.3 is 0 Å². The molecule has 0 spiro atoms. The third kappa shape index (κ3) is 5.23. The minimum absolute atomic E-state index is 0.0760. The van der Waals surface area contributed by atoms with Crippen molar-refractivity contribution >= 4 is 10.0 Å². The highest BCUT2D eigenvalue weighted by atomic mass is 32.2. The highest BCUT2D eigenvalue weighted by Crippen LogP contribution is 2.12. The Bertz CT molecular complexity index is 491. The van der Waals surface area contributed by atoms with Crippen LogP contribution in [0.3, 0.4) is 0 Å². The van der Waals surface area contributed by atoms with Crippen LogP contribution in [-0.2, 0) is 22.3 Å². The lowest BCUT2D eigenvalue weighted by Gasteiger charge is -2.18. The van der Waals surface area contributed by atoms with Gasteiger partial charge < -0.3 is 5.32 Å². The average Bonchev–Trinajstić information content (AvgIpc) is 2.38. The predicted molar refractivity (Wildman–Crippen MR) is 84.0 cm³/mol. The smallest absolute Gasteiger partial charge is 0.218 e. The van der Waals surface area contributed by atoms with Gasteiger partial charge in [-0.3, -0.25) is 0 Å². The molecule has 5 heteroatoms. The van der Waals surface area contributed by atoms with Crippen molar-refractivity contribution in [3.8, 4) is 0 Å². The number of rotatable bonds is 8. The van der Waals surface area contributed by atoms with Crippen LogP contribution in [0.2, 0.25) is 0 Å². The van der Waals surface area contributed by atoms with Crippen molar-refractivity contribution < 1.29 is 8.42 Å². The van der Waals surface area contributed by atoms with Gasteiger partial charge in [0.1, 0.15) is 0 Å². The summed E-state index contributed by atoms with van der Waals surface area (Å²) in [4.78, 5) is 0. The largest absolute Gasteiger partial charge is 0.310 e. The van der Waals surface area contributed by atoms with Crippen molar-refractivity contribution in [1.82, 2.24) is 9.62 Å². The third-order valence-electron chi connectivity index (χ3n) is 3.19. The van der Waals surface area contributed by atoms with Crippen molar-refractivity contribution in [2.45, 2.75) is 46.0 Å². The summed E-state index contributed by atoms with van der Waals surface area (Å²) in [6, 6.07) is 8.22. The first-order chi connectivity index (χ1) is 9.39. The van der Waals surface area contributed by atoms with Gasteiger partial charge in [-0.05, 0) is 11.1 Å². The fourth-order valence-electron chi connectivity index (χ4n) is 1.99. The molecule has 0 heterocycles. The molecular formula is C15H26N2O2S. The van der Waals surface area contributed by atoms with E-state index >= 15 is 0 Å². The molecule has 0 fully saturated rings. The summed E-state index contributed by atoms with van der Waals surface area (Å²) in [7, 11) is -3.20. The van der Waals surface area contributed by atoms with Crippen LogP contribution in [-0.4, -0.2) is 31.9 Å². The molecule has 20 heavy (non-hydrogen) atoms. The molecule has 0 bridgehead atoms. The van der Waals surface area contributed by atoms with Crippen molar-refractivity contribution in [3.63, 3.8) is 0 Å². The van der Waals surface area contributed by atoms with Crippen molar-refractivity contribution in [3.05, 3.63) is 35.4 Å². The van der Waals surface area contributed by atoms with E-state index in [4.69, 9.17) is 0 Å². The molecule has 0 saturated heterocycles. The molecule has 0 saturated carbocycles. The Morgan fingerprint density at radius 3 is 2.00 bits per heavy atom. The molecule has 0 atom stereocenters. The summed E-state index contributed by atoms with van der Waals surface area (Å²) in [5.74, 6) is 0.0760. The Balaban J connectivity index is 2.70. The standard InChI is InChI=1S/C15H26N2O2S/c1-5-17(6-2)20(18,19)12-15-9-7-14(8-10-15)11-16-13(3)4/h7-10,13,16H,5-6,11-12H2,1-4H3. The summed E-state index contributed by atoms with van der Waals surface area (Å²) >= 11 is 0. The monoisotopic (exact) mass is 298 g/mol. The number of sulfonamides is 1. The molecule has 1 N–H and O–H groups in total. The first kappa shape index (κ1) is 17.1. The molecule has 114 valence electrons. The quantitative estimate of drug-likeness (QED) is 0.801. The summed E-state index contributed by atoms with van der Waals surface area (Å²) in [5.41, 5.74) is 2.01. The van der Waals surface area contributed by atoms with E-state index in [0.29, 0.717) is 19.1 Å². The number of hydrogen-bond acceptors (Lipinski definition) is 3. The van der Waals surface area contributed by atoms with Crippen molar-refractivity contribution in [1.29, 1.82) is 0 Å². The first-order valence-electron chi connectivity index (χ1n) is 7.18. The van der Waals surface area contributed by atoms with Gasteiger partial charge in [0.05, 0.1) is 5.75 Å². The Kier molecular flexibility index (Phi) is 6.65. The maximum Gasteiger partial charge on any atom is 0.218 e. The number of hydrogen-bond donors (Lipinski definition) is 1. The van der Waals surface area contributed by atoms with E-state index in [1.54, 1.807) is 0 Å². The van der Waals surface area contributed by atoms with Crippen LogP contribution in [0.15, 0.2) is 24.3 Å². The third-order valence-corrected chi connectivity index (χ3v) is 5.19. The van der Waals surface area contributed by atoms with Crippen LogP contribution >= 0.6 is 0 Å². The lowest BCUT2D eigenvalue weighted by Crippen LogP contribution is -2.31. The zero-order chi connectivity index (χ0) is 15.2. The maximum atomic E-state index is 12.2. The van der Waals surface area contributed by atoms with Crippen LogP contribution in [0, 0.1) is 0 Å². The number of benzene rings is 1. The molecule has 0 aliphatic rings. The molecular weight excluding hydrogens is 272 g/mol. The van der Waals surface area contributed by atoms with Gasteiger partial charge in [0.15, 0.2) is 0 Å². The minimum atomic E-state index is -3.20. The average molecular weight is 298 g/mol. The molecule has 0 aliphatic heterocycles. The second-order valence-corrected chi connectivity index (χ2v) is 7.16. The molecule has 0 unspecified atom stereocenters. The van der Waals surface area contributed by atoms with Gasteiger partial charge in [0.25, 0.3) is 0 Å². The van der Waals surface area contributed by atoms with Crippen LogP contribution in [0.5, 0.6) is 0 Å². The number of nitrogens with one attached hydrogen (secondary N) is 1. The van der Waals surface area contributed by atoms with E-state index in [2.05, 4.69) is 19.2 Å². The van der Waals surface area contributed by atoms with Gasteiger partial charge in [-0.2, -0.15) is 0 Å². The van der Waals surface area contributed by atoms with E-state index in [9.17, 15) is 8.42 Å². The van der Waals surface area contributed by atoms with Gasteiger partial charge in [0.2, 0.25) is 10.0 Å².